The average Bonchev–Trinajstić information content (AvgIpc) is 2.38. The fourth-order valence-electron chi connectivity index (χ4n) is 1.98. The van der Waals surface area contributed by atoms with Gasteiger partial charge in [-0.1, -0.05) is 32.4 Å². The van der Waals surface area contributed by atoms with Crippen LogP contribution in [0.5, 0.6) is 0 Å². The highest BCUT2D eigenvalue weighted by atomic mass is 14.9. The number of anilines is 1. The SMILES string of the molecule is CCC(C)C(C)Nc1cccc2ccncc12. The number of hydrogen-bond donors (Lipinski definition) is 1. The standard InChI is InChI=1S/C15H20N2/c1-4-11(2)12(3)17-15-7-5-6-13-8-9-16-10-14(13)15/h5-12,17H,4H2,1-3H3. The van der Waals surface area contributed by atoms with Crippen molar-refractivity contribution in [3.8, 4) is 0 Å². The average molecular weight is 228 g/mol. The third kappa shape index (κ3) is 2.57. The van der Waals surface area contributed by atoms with Gasteiger partial charge < -0.3 is 5.32 Å². The van der Waals surface area contributed by atoms with Crippen molar-refractivity contribution in [3.05, 3.63) is 36.7 Å². The molecule has 1 aromatic heterocycles. The van der Waals surface area contributed by atoms with E-state index in [0.29, 0.717) is 12.0 Å². The minimum Gasteiger partial charge on any atom is -0.382 e. The summed E-state index contributed by atoms with van der Waals surface area (Å²) in [5.41, 5.74) is 1.18. The molecule has 2 aromatic rings. The first-order valence-corrected chi connectivity index (χ1v) is 6.31. The maximum atomic E-state index is 4.21. The highest BCUT2D eigenvalue weighted by molar-refractivity contribution is 5.93. The molecule has 0 saturated heterocycles. The lowest BCUT2D eigenvalue weighted by Crippen LogP contribution is -2.23. The molecule has 2 rings (SSSR count). The topological polar surface area (TPSA) is 24.9 Å². The van der Waals surface area contributed by atoms with Gasteiger partial charge in [-0.2, -0.15) is 0 Å². The van der Waals surface area contributed by atoms with E-state index in [-0.39, 0.29) is 0 Å². The van der Waals surface area contributed by atoms with Gasteiger partial charge in [-0.15, -0.1) is 0 Å². The van der Waals surface area contributed by atoms with Crippen LogP contribution in [0.15, 0.2) is 36.7 Å². The van der Waals surface area contributed by atoms with E-state index >= 15 is 0 Å². The van der Waals surface area contributed by atoms with Crippen LogP contribution in [-0.2, 0) is 0 Å². The highest BCUT2D eigenvalue weighted by Crippen LogP contribution is 2.24. The molecule has 90 valence electrons. The zero-order chi connectivity index (χ0) is 12.3. The minimum atomic E-state index is 0.478. The van der Waals surface area contributed by atoms with E-state index in [1.807, 2.05) is 12.4 Å². The fraction of sp³-hybridized carbons (Fsp3) is 0.400. The lowest BCUT2D eigenvalue weighted by atomic mass is 10.00. The normalized spacial score (nSPS) is 14.5. The molecule has 1 aromatic carbocycles. The van der Waals surface area contributed by atoms with Gasteiger partial charge in [0.2, 0.25) is 0 Å². The van der Waals surface area contributed by atoms with E-state index in [2.05, 4.69) is 55.3 Å². The Morgan fingerprint density at radius 3 is 2.82 bits per heavy atom. The van der Waals surface area contributed by atoms with Gasteiger partial charge in [0, 0.05) is 29.5 Å². The second-order valence-electron chi connectivity index (χ2n) is 4.72. The summed E-state index contributed by atoms with van der Waals surface area (Å²) in [6.07, 6.45) is 4.96. The Morgan fingerprint density at radius 2 is 2.06 bits per heavy atom. The van der Waals surface area contributed by atoms with E-state index in [1.54, 1.807) is 0 Å². The van der Waals surface area contributed by atoms with Gasteiger partial charge in [-0.3, -0.25) is 4.98 Å². The molecule has 2 nitrogen and oxygen atoms in total. The van der Waals surface area contributed by atoms with E-state index in [4.69, 9.17) is 0 Å². The van der Waals surface area contributed by atoms with Gasteiger partial charge in [-0.05, 0) is 30.4 Å². The quantitative estimate of drug-likeness (QED) is 0.852. The van der Waals surface area contributed by atoms with E-state index in [9.17, 15) is 0 Å². The second-order valence-corrected chi connectivity index (χ2v) is 4.72. The minimum absolute atomic E-state index is 0.478. The van der Waals surface area contributed by atoms with E-state index in [1.165, 1.54) is 22.9 Å². The van der Waals surface area contributed by atoms with Crippen LogP contribution in [0, 0.1) is 5.92 Å². The van der Waals surface area contributed by atoms with Crippen molar-refractivity contribution < 1.29 is 0 Å². The van der Waals surface area contributed by atoms with Gasteiger partial charge in [0.05, 0.1) is 0 Å². The van der Waals surface area contributed by atoms with Crippen LogP contribution in [0.25, 0.3) is 10.8 Å². The van der Waals surface area contributed by atoms with Crippen molar-refractivity contribution in [1.29, 1.82) is 0 Å². The van der Waals surface area contributed by atoms with Gasteiger partial charge in [0.25, 0.3) is 0 Å². The molecule has 0 fully saturated rings. The molecule has 2 atom stereocenters. The Kier molecular flexibility index (Phi) is 3.62. The molecule has 0 amide bonds. The zero-order valence-electron chi connectivity index (χ0n) is 10.8. The second kappa shape index (κ2) is 5.17. The van der Waals surface area contributed by atoms with Crippen molar-refractivity contribution in [3.63, 3.8) is 0 Å². The number of rotatable bonds is 4. The molecule has 17 heavy (non-hydrogen) atoms. The van der Waals surface area contributed by atoms with Crippen LogP contribution >= 0.6 is 0 Å². The van der Waals surface area contributed by atoms with E-state index < -0.39 is 0 Å². The summed E-state index contributed by atoms with van der Waals surface area (Å²) in [5.74, 6) is 0.668. The third-order valence-electron chi connectivity index (χ3n) is 3.56. The van der Waals surface area contributed by atoms with Gasteiger partial charge >= 0.3 is 0 Å². The Balaban J connectivity index is 2.30. The monoisotopic (exact) mass is 228 g/mol. The maximum Gasteiger partial charge on any atom is 0.0437 e. The summed E-state index contributed by atoms with van der Waals surface area (Å²) in [6.45, 7) is 6.75. The predicted octanol–water partition coefficient (Wildman–Crippen LogP) is 4.08. The molecule has 1 heterocycles. The lowest BCUT2D eigenvalue weighted by molar-refractivity contribution is 0.495. The molecule has 0 spiro atoms. The molecule has 0 aliphatic rings. The molecule has 0 aliphatic carbocycles. The Morgan fingerprint density at radius 1 is 1.24 bits per heavy atom. The molecular formula is C15H20N2. The van der Waals surface area contributed by atoms with Crippen molar-refractivity contribution in [2.75, 3.05) is 5.32 Å². The predicted molar refractivity (Wildman–Crippen MR) is 74.3 cm³/mol. The van der Waals surface area contributed by atoms with Crippen LogP contribution in [0.3, 0.4) is 0 Å². The molecular weight excluding hydrogens is 208 g/mol. The Hall–Kier alpha value is -1.57. The number of hydrogen-bond acceptors (Lipinski definition) is 2. The van der Waals surface area contributed by atoms with Crippen LogP contribution in [0.4, 0.5) is 5.69 Å². The summed E-state index contributed by atoms with van der Waals surface area (Å²) in [4.78, 5) is 4.21. The number of pyridine rings is 1. The smallest absolute Gasteiger partial charge is 0.0437 e. The van der Waals surface area contributed by atoms with Crippen LogP contribution < -0.4 is 5.32 Å². The third-order valence-corrected chi connectivity index (χ3v) is 3.56. The zero-order valence-corrected chi connectivity index (χ0v) is 10.8. The molecule has 0 bridgehead atoms. The first-order chi connectivity index (χ1) is 8.22. The number of aromatic nitrogens is 1. The summed E-state index contributed by atoms with van der Waals surface area (Å²) >= 11 is 0. The summed E-state index contributed by atoms with van der Waals surface area (Å²) in [7, 11) is 0. The first-order valence-electron chi connectivity index (χ1n) is 6.31. The summed E-state index contributed by atoms with van der Waals surface area (Å²) in [5, 5.41) is 6.03. The fourth-order valence-corrected chi connectivity index (χ4v) is 1.98. The first kappa shape index (κ1) is 11.9. The van der Waals surface area contributed by atoms with E-state index in [0.717, 1.165) is 0 Å². The van der Waals surface area contributed by atoms with Gasteiger partial charge in [0.1, 0.15) is 0 Å². The summed E-state index contributed by atoms with van der Waals surface area (Å²) < 4.78 is 0. The molecule has 2 heteroatoms. The number of nitrogens with zero attached hydrogens (tertiary/aromatic N) is 1. The largest absolute Gasteiger partial charge is 0.382 e. The van der Waals surface area contributed by atoms with Crippen molar-refractivity contribution >= 4 is 16.5 Å². The number of fused-ring (bicyclic) bond motifs is 1. The lowest BCUT2D eigenvalue weighted by Gasteiger charge is -2.22. The van der Waals surface area contributed by atoms with Crippen molar-refractivity contribution in [2.24, 2.45) is 5.92 Å². The molecule has 1 N–H and O–H groups in total. The number of nitrogens with one attached hydrogen (secondary N) is 1. The number of benzene rings is 1. The summed E-state index contributed by atoms with van der Waals surface area (Å²) in [6, 6.07) is 8.87. The molecule has 0 saturated carbocycles. The van der Waals surface area contributed by atoms with Crippen molar-refractivity contribution in [2.45, 2.75) is 33.2 Å². The molecule has 0 aliphatic heterocycles. The Bertz CT molecular complexity index is 488. The van der Waals surface area contributed by atoms with Crippen LogP contribution in [-0.4, -0.2) is 11.0 Å². The van der Waals surface area contributed by atoms with Gasteiger partial charge in [0.15, 0.2) is 0 Å². The Labute approximate surface area is 103 Å². The van der Waals surface area contributed by atoms with Crippen LogP contribution in [0.2, 0.25) is 0 Å². The molecule has 0 radical (unpaired) electrons. The highest BCUT2D eigenvalue weighted by Gasteiger charge is 2.10. The van der Waals surface area contributed by atoms with Crippen LogP contribution in [0.1, 0.15) is 27.2 Å². The van der Waals surface area contributed by atoms with Crippen molar-refractivity contribution in [1.82, 2.24) is 4.98 Å². The van der Waals surface area contributed by atoms with Gasteiger partial charge in [-0.25, -0.2) is 0 Å². The molecule has 2 unspecified atom stereocenters. The maximum absolute atomic E-state index is 4.21.